The molecule has 2 aliphatic carbocycles. The Labute approximate surface area is 184 Å². The van der Waals surface area contributed by atoms with E-state index in [0.29, 0.717) is 6.61 Å². The quantitative estimate of drug-likeness (QED) is 0.569. The summed E-state index contributed by atoms with van der Waals surface area (Å²) in [6, 6.07) is 17.5. The van der Waals surface area contributed by atoms with E-state index in [2.05, 4.69) is 65.6 Å². The molecule has 2 bridgehead atoms. The van der Waals surface area contributed by atoms with E-state index in [1.165, 1.54) is 59.1 Å². The molecule has 158 valence electrons. The van der Waals surface area contributed by atoms with E-state index in [1.807, 2.05) is 0 Å². The molecular formula is C28H29NO2. The van der Waals surface area contributed by atoms with Gasteiger partial charge in [-0.1, -0.05) is 60.7 Å². The molecule has 2 aromatic rings. The van der Waals surface area contributed by atoms with Crippen LogP contribution in [0.1, 0.15) is 62.0 Å². The summed E-state index contributed by atoms with van der Waals surface area (Å²) >= 11 is 0. The number of hydrogen-bond donors (Lipinski definition) is 0. The minimum absolute atomic E-state index is 0.121. The van der Waals surface area contributed by atoms with Crippen molar-refractivity contribution in [2.45, 2.75) is 62.9 Å². The minimum atomic E-state index is -0.132. The van der Waals surface area contributed by atoms with Crippen molar-refractivity contribution in [3.8, 4) is 11.1 Å². The molecule has 31 heavy (non-hydrogen) atoms. The van der Waals surface area contributed by atoms with Crippen molar-refractivity contribution in [2.75, 3.05) is 6.61 Å². The van der Waals surface area contributed by atoms with Gasteiger partial charge >= 0.3 is 6.09 Å². The molecule has 1 amide bonds. The number of carbonyl (C=O) groups excluding carboxylic acids is 1. The lowest BCUT2D eigenvalue weighted by molar-refractivity contribution is 0.0514. The summed E-state index contributed by atoms with van der Waals surface area (Å²) in [6.07, 6.45) is 12.7. The van der Waals surface area contributed by atoms with Crippen LogP contribution in [-0.2, 0) is 4.74 Å². The van der Waals surface area contributed by atoms with Crippen LogP contribution in [0.15, 0.2) is 71.8 Å². The first-order chi connectivity index (χ1) is 15.3. The third-order valence-corrected chi connectivity index (χ3v) is 7.64. The second kappa shape index (κ2) is 7.71. The van der Waals surface area contributed by atoms with Crippen molar-refractivity contribution in [1.82, 2.24) is 4.90 Å². The van der Waals surface area contributed by atoms with Crippen molar-refractivity contribution >= 4 is 6.09 Å². The van der Waals surface area contributed by atoms with E-state index >= 15 is 0 Å². The SMILES string of the molecule is O=C(OCC1c2ccccc2-c2ccccc21)N1C2C=C(C3=CCCC3)CC1CCC2. The lowest BCUT2D eigenvalue weighted by Crippen LogP contribution is -2.52. The fourth-order valence-electron chi connectivity index (χ4n) is 6.18. The number of hydrogen-bond acceptors (Lipinski definition) is 2. The van der Waals surface area contributed by atoms with Gasteiger partial charge in [0.1, 0.15) is 6.61 Å². The summed E-state index contributed by atoms with van der Waals surface area (Å²) in [6.45, 7) is 0.407. The van der Waals surface area contributed by atoms with Gasteiger partial charge in [-0.25, -0.2) is 4.79 Å². The molecule has 0 N–H and O–H groups in total. The highest BCUT2D eigenvalue weighted by Crippen LogP contribution is 2.45. The first kappa shape index (κ1) is 18.9. The van der Waals surface area contributed by atoms with Gasteiger partial charge in [-0.2, -0.15) is 0 Å². The maximum absolute atomic E-state index is 13.3. The Morgan fingerprint density at radius 1 is 0.935 bits per heavy atom. The number of ether oxygens (including phenoxy) is 1. The van der Waals surface area contributed by atoms with Crippen LogP contribution in [0.25, 0.3) is 11.1 Å². The van der Waals surface area contributed by atoms with Crippen LogP contribution in [0.4, 0.5) is 4.79 Å². The summed E-state index contributed by atoms with van der Waals surface area (Å²) in [7, 11) is 0. The summed E-state index contributed by atoms with van der Waals surface area (Å²) < 4.78 is 6.02. The van der Waals surface area contributed by atoms with Crippen molar-refractivity contribution < 1.29 is 9.53 Å². The second-order valence-corrected chi connectivity index (χ2v) is 9.38. The summed E-state index contributed by atoms with van der Waals surface area (Å²) in [4.78, 5) is 15.3. The Morgan fingerprint density at radius 3 is 2.35 bits per heavy atom. The largest absolute Gasteiger partial charge is 0.448 e. The average Bonchev–Trinajstić information content (AvgIpc) is 3.44. The predicted octanol–water partition coefficient (Wildman–Crippen LogP) is 6.60. The van der Waals surface area contributed by atoms with Gasteiger partial charge in [0.25, 0.3) is 0 Å². The Hall–Kier alpha value is -2.81. The smallest absolute Gasteiger partial charge is 0.410 e. The molecule has 2 aromatic carbocycles. The van der Waals surface area contributed by atoms with E-state index in [9.17, 15) is 4.79 Å². The molecule has 0 saturated carbocycles. The van der Waals surface area contributed by atoms with Gasteiger partial charge in [-0.05, 0) is 78.3 Å². The van der Waals surface area contributed by atoms with Crippen molar-refractivity contribution in [2.24, 2.45) is 0 Å². The van der Waals surface area contributed by atoms with E-state index < -0.39 is 0 Å². The maximum Gasteiger partial charge on any atom is 0.410 e. The van der Waals surface area contributed by atoms with E-state index in [4.69, 9.17) is 4.74 Å². The zero-order valence-corrected chi connectivity index (χ0v) is 17.9. The third-order valence-electron chi connectivity index (χ3n) is 7.64. The Morgan fingerprint density at radius 2 is 1.68 bits per heavy atom. The first-order valence-corrected chi connectivity index (χ1v) is 11.8. The lowest BCUT2D eigenvalue weighted by Gasteiger charge is -2.44. The lowest BCUT2D eigenvalue weighted by atomic mass is 9.83. The number of fused-ring (bicyclic) bond motifs is 5. The average molecular weight is 412 g/mol. The number of allylic oxidation sites excluding steroid dienone is 2. The van der Waals surface area contributed by atoms with Gasteiger partial charge < -0.3 is 4.74 Å². The third kappa shape index (κ3) is 3.22. The van der Waals surface area contributed by atoms with Crippen molar-refractivity contribution in [3.05, 3.63) is 83.0 Å². The van der Waals surface area contributed by atoms with Gasteiger partial charge in [0.05, 0.1) is 6.04 Å². The Kier molecular flexibility index (Phi) is 4.70. The van der Waals surface area contributed by atoms with Gasteiger partial charge in [-0.3, -0.25) is 4.90 Å². The zero-order valence-electron chi connectivity index (χ0n) is 17.9. The molecule has 4 aliphatic rings. The highest BCUT2D eigenvalue weighted by atomic mass is 16.6. The minimum Gasteiger partial charge on any atom is -0.448 e. The Bertz CT molecular complexity index is 1040. The van der Waals surface area contributed by atoms with E-state index in [0.717, 1.165) is 19.3 Å². The molecule has 2 unspecified atom stereocenters. The van der Waals surface area contributed by atoms with Gasteiger partial charge in [0.2, 0.25) is 0 Å². The molecular weight excluding hydrogens is 382 g/mol. The molecule has 1 saturated heterocycles. The zero-order chi connectivity index (χ0) is 20.8. The van der Waals surface area contributed by atoms with Crippen LogP contribution in [0.5, 0.6) is 0 Å². The van der Waals surface area contributed by atoms with E-state index in [1.54, 1.807) is 0 Å². The maximum atomic E-state index is 13.3. The fourth-order valence-corrected chi connectivity index (χ4v) is 6.18. The highest BCUT2D eigenvalue weighted by molar-refractivity contribution is 5.79. The van der Waals surface area contributed by atoms with Crippen LogP contribution in [0.2, 0.25) is 0 Å². The molecule has 0 aromatic heterocycles. The highest BCUT2D eigenvalue weighted by Gasteiger charge is 2.39. The number of rotatable bonds is 3. The van der Waals surface area contributed by atoms with Crippen LogP contribution < -0.4 is 0 Å². The van der Waals surface area contributed by atoms with Gasteiger partial charge in [-0.15, -0.1) is 0 Å². The summed E-state index contributed by atoms with van der Waals surface area (Å²) in [5.74, 6) is 0.121. The number of nitrogens with zero attached hydrogens (tertiary/aromatic N) is 1. The number of amides is 1. The molecule has 6 rings (SSSR count). The van der Waals surface area contributed by atoms with Crippen molar-refractivity contribution in [1.29, 1.82) is 0 Å². The molecule has 3 nitrogen and oxygen atoms in total. The second-order valence-electron chi connectivity index (χ2n) is 9.38. The molecule has 2 atom stereocenters. The van der Waals surface area contributed by atoms with E-state index in [-0.39, 0.29) is 24.1 Å². The monoisotopic (exact) mass is 411 g/mol. The first-order valence-electron chi connectivity index (χ1n) is 11.8. The topological polar surface area (TPSA) is 29.5 Å². The number of carbonyl (C=O) groups is 1. The molecule has 2 heterocycles. The van der Waals surface area contributed by atoms with Crippen molar-refractivity contribution in [3.63, 3.8) is 0 Å². The number of piperidine rings is 1. The summed E-state index contributed by atoms with van der Waals surface area (Å²) in [5.41, 5.74) is 8.10. The molecule has 0 radical (unpaired) electrons. The predicted molar refractivity (Wildman–Crippen MR) is 123 cm³/mol. The fraction of sp³-hybridized carbons (Fsp3) is 0.393. The summed E-state index contributed by atoms with van der Waals surface area (Å²) in [5, 5.41) is 0. The van der Waals surface area contributed by atoms with Crippen LogP contribution in [0.3, 0.4) is 0 Å². The Balaban J connectivity index is 1.21. The van der Waals surface area contributed by atoms with Gasteiger partial charge in [0.15, 0.2) is 0 Å². The van der Waals surface area contributed by atoms with Crippen LogP contribution >= 0.6 is 0 Å². The molecule has 2 aliphatic heterocycles. The normalized spacial score (nSPS) is 24.3. The number of benzene rings is 2. The molecule has 1 fully saturated rings. The molecule has 0 spiro atoms. The molecule has 3 heteroatoms. The standard InChI is InChI=1S/C28H29NO2/c30-28(29-21-10-7-11-22(29)17-20(16-21)19-8-1-2-9-19)31-18-27-25-14-5-3-12-23(25)24-13-4-6-15-26(24)27/h3-6,8,12-16,21-22,27H,1-2,7,9-11,17-18H2. The van der Waals surface area contributed by atoms with Crippen LogP contribution in [0, 0.1) is 0 Å². The van der Waals surface area contributed by atoms with Crippen LogP contribution in [-0.4, -0.2) is 29.7 Å². The van der Waals surface area contributed by atoms with Gasteiger partial charge in [0, 0.05) is 12.0 Å².